The second-order valence-electron chi connectivity index (χ2n) is 19.3. The number of alkyl carbamates (subject to hydrolysis) is 1. The van der Waals surface area contributed by atoms with Gasteiger partial charge in [0.2, 0.25) is 17.8 Å². The largest absolute Gasteiger partial charge is 0.480 e. The number of nitrogens with one attached hydrogen (secondary N) is 4. The number of hydrogen-bond donors (Lipinski definition) is 7. The molecule has 374 valence electrons. The molecule has 21 heteroatoms. The lowest BCUT2D eigenvalue weighted by Crippen LogP contribution is -2.41. The zero-order valence-electron chi connectivity index (χ0n) is 41.3. The molecule has 0 saturated carbocycles. The Labute approximate surface area is 394 Å². The topological polar surface area (TPSA) is 284 Å². The third-order valence-electron chi connectivity index (χ3n) is 9.61. The number of benzene rings is 1. The van der Waals surface area contributed by atoms with Gasteiger partial charge in [0.15, 0.2) is 17.0 Å². The molecule has 0 aliphatic rings. The number of carbonyl (C=O) groups excluding carboxylic acids is 5. The fraction of sp³-hybridized carbons (Fsp3) is 0.652. The molecule has 0 fully saturated rings. The molecule has 2 aromatic heterocycles. The van der Waals surface area contributed by atoms with Crippen LogP contribution in [0.3, 0.4) is 0 Å². The van der Waals surface area contributed by atoms with Gasteiger partial charge in [-0.3, -0.25) is 14.2 Å². The second kappa shape index (κ2) is 25.7. The van der Waals surface area contributed by atoms with Crippen LogP contribution in [0.1, 0.15) is 126 Å². The van der Waals surface area contributed by atoms with Crippen molar-refractivity contribution in [3.05, 3.63) is 29.8 Å². The Bertz CT molecular complexity index is 2080. The van der Waals surface area contributed by atoms with Gasteiger partial charge in [0.25, 0.3) is 6.01 Å². The summed E-state index contributed by atoms with van der Waals surface area (Å²) in [6, 6.07) is 5.78. The Hall–Kier alpha value is -6.12. The molecule has 9 N–H and O–H groups in total. The van der Waals surface area contributed by atoms with Gasteiger partial charge in [0.05, 0.1) is 12.6 Å². The summed E-state index contributed by atoms with van der Waals surface area (Å²) in [7, 11) is 0. The second-order valence-corrected chi connectivity index (χ2v) is 19.3. The number of hydrogen-bond acceptors (Lipinski definition) is 15. The molecule has 0 saturated heterocycles. The van der Waals surface area contributed by atoms with E-state index in [1.54, 1.807) is 96.4 Å². The van der Waals surface area contributed by atoms with E-state index >= 15 is 0 Å². The first-order chi connectivity index (χ1) is 31.3. The Balaban J connectivity index is 1.45. The highest BCUT2D eigenvalue weighted by atomic mass is 16.6. The van der Waals surface area contributed by atoms with Gasteiger partial charge in [0, 0.05) is 57.9 Å². The van der Waals surface area contributed by atoms with Crippen LogP contribution in [0.25, 0.3) is 11.2 Å². The van der Waals surface area contributed by atoms with Crippen molar-refractivity contribution < 1.29 is 43.3 Å². The summed E-state index contributed by atoms with van der Waals surface area (Å²) in [5.41, 5.74) is 12.2. The molecule has 2 heterocycles. The standard InChI is InChI=1S/C46H76N12O9/c1-11-12-23-50-39-54-36(48)35-37(55-39)58(40(61)53-35)30-31-17-19-32(20-18-31)52-38(60)33(47)21-22-34(59)49-24-15-28-56(42(63)66-45(5,6)7)26-13-14-27-57(43(64)67-46(8,9)10)29-16-25-51-41(62)65-44(2,3)4/h17-20,33H,11-16,21-30,47H2,1-10H3,(H,49,59)(H,51,62)(H,52,60)(H,53,61)(H3,48,50,54,55)/t33-/m0/s1. The first-order valence-electron chi connectivity index (χ1n) is 23.2. The molecule has 3 aromatic rings. The molecule has 0 aliphatic heterocycles. The van der Waals surface area contributed by atoms with Crippen molar-refractivity contribution in [1.29, 1.82) is 0 Å². The lowest BCUT2D eigenvalue weighted by molar-refractivity contribution is -0.121. The molecule has 3 rings (SSSR count). The predicted octanol–water partition coefficient (Wildman–Crippen LogP) is 6.10. The number of nitrogens with two attached hydrogens (primary N) is 2. The van der Waals surface area contributed by atoms with Crippen molar-refractivity contribution in [1.82, 2.24) is 40.0 Å². The van der Waals surface area contributed by atoms with E-state index in [0.717, 1.165) is 18.4 Å². The van der Waals surface area contributed by atoms with Crippen LogP contribution in [-0.4, -0.2) is 133 Å². The summed E-state index contributed by atoms with van der Waals surface area (Å²) in [6.45, 7) is 21.0. The maximum atomic E-state index is 13.2. The Kier molecular flexibility index (Phi) is 21.2. The van der Waals surface area contributed by atoms with Crippen molar-refractivity contribution in [3.63, 3.8) is 0 Å². The van der Waals surface area contributed by atoms with Gasteiger partial charge in [-0.15, -0.1) is 0 Å². The van der Waals surface area contributed by atoms with E-state index in [1.807, 2.05) is 0 Å². The van der Waals surface area contributed by atoms with Gasteiger partial charge in [-0.2, -0.15) is 15.0 Å². The average Bonchev–Trinajstić information content (AvgIpc) is 3.53. The summed E-state index contributed by atoms with van der Waals surface area (Å²) in [5.74, 6) is -0.238. The molecule has 5 amide bonds. The third kappa shape index (κ3) is 20.9. The number of anilines is 3. The number of fused-ring (bicyclic) bond motifs is 1. The Morgan fingerprint density at radius 2 is 1.27 bits per heavy atom. The number of nitrogens with zero attached hydrogens (tertiary/aromatic N) is 6. The monoisotopic (exact) mass is 941 g/mol. The molecule has 0 unspecified atom stereocenters. The van der Waals surface area contributed by atoms with E-state index < -0.39 is 47.0 Å². The molecule has 0 radical (unpaired) electrons. The highest BCUT2D eigenvalue weighted by Crippen LogP contribution is 2.26. The minimum atomic E-state index is -0.951. The maximum absolute atomic E-state index is 13.2. The van der Waals surface area contributed by atoms with Crippen LogP contribution in [0.15, 0.2) is 24.3 Å². The van der Waals surface area contributed by atoms with Crippen molar-refractivity contribution in [2.45, 2.75) is 150 Å². The molecular formula is C46H76N12O9. The van der Waals surface area contributed by atoms with Crippen molar-refractivity contribution in [3.8, 4) is 6.01 Å². The minimum Gasteiger partial charge on any atom is -0.480 e. The number of unbranched alkanes of at least 4 members (excludes halogenated alkanes) is 2. The normalized spacial score (nSPS) is 12.2. The van der Waals surface area contributed by atoms with E-state index in [4.69, 9.17) is 25.7 Å². The highest BCUT2D eigenvalue weighted by Gasteiger charge is 2.25. The van der Waals surface area contributed by atoms with E-state index in [2.05, 4.69) is 43.1 Å². The SMILES string of the molecule is CCCCNc1nc(N)c2nc(O)n(Cc3ccc(NC(=O)[C@@H](N)CCC(=O)NCCCN(CCCCN(CCCNC(=O)OC(C)(C)C)C(=O)OC(C)(C)C)C(=O)OC(C)(C)C)cc3)c2n1. The van der Waals surface area contributed by atoms with Crippen LogP contribution in [0.5, 0.6) is 6.01 Å². The minimum absolute atomic E-state index is 0.0147. The van der Waals surface area contributed by atoms with Crippen LogP contribution in [-0.2, 0) is 30.3 Å². The fourth-order valence-electron chi connectivity index (χ4n) is 6.35. The van der Waals surface area contributed by atoms with Crippen LogP contribution in [0.4, 0.5) is 31.8 Å². The van der Waals surface area contributed by atoms with Crippen LogP contribution in [0, 0.1) is 0 Å². The number of nitrogen functional groups attached to an aromatic ring is 1. The number of ether oxygens (including phenoxy) is 3. The number of aromatic hydroxyl groups is 1. The van der Waals surface area contributed by atoms with Crippen molar-refractivity contribution >= 4 is 58.7 Å². The molecular weight excluding hydrogens is 865 g/mol. The molecule has 0 spiro atoms. The summed E-state index contributed by atoms with van der Waals surface area (Å²) in [4.78, 5) is 80.0. The lowest BCUT2D eigenvalue weighted by atomic mass is 10.1. The number of rotatable bonds is 24. The van der Waals surface area contributed by atoms with Crippen LogP contribution >= 0.6 is 0 Å². The number of imidazole rings is 1. The molecule has 21 nitrogen and oxygen atoms in total. The van der Waals surface area contributed by atoms with Gasteiger partial charge in [-0.1, -0.05) is 25.5 Å². The summed E-state index contributed by atoms with van der Waals surface area (Å²) in [6.07, 6.45) is 2.61. The zero-order chi connectivity index (χ0) is 50.0. The predicted molar refractivity (Wildman–Crippen MR) is 258 cm³/mol. The Morgan fingerprint density at radius 3 is 1.81 bits per heavy atom. The molecule has 67 heavy (non-hydrogen) atoms. The van der Waals surface area contributed by atoms with Crippen molar-refractivity contribution in [2.24, 2.45) is 5.73 Å². The van der Waals surface area contributed by atoms with Crippen molar-refractivity contribution in [2.75, 3.05) is 62.2 Å². The van der Waals surface area contributed by atoms with Gasteiger partial charge in [-0.05, 0) is 119 Å². The number of amides is 5. The molecule has 1 atom stereocenters. The first-order valence-corrected chi connectivity index (χ1v) is 23.2. The maximum Gasteiger partial charge on any atom is 0.410 e. The average molecular weight is 941 g/mol. The van der Waals surface area contributed by atoms with Gasteiger partial charge < -0.3 is 61.9 Å². The summed E-state index contributed by atoms with van der Waals surface area (Å²) >= 11 is 0. The number of aromatic nitrogens is 4. The van der Waals surface area contributed by atoms with Crippen LogP contribution in [0.2, 0.25) is 0 Å². The smallest absolute Gasteiger partial charge is 0.410 e. The molecule has 0 bridgehead atoms. The number of carbonyl (C=O) groups is 5. The fourth-order valence-corrected chi connectivity index (χ4v) is 6.35. The van der Waals surface area contributed by atoms with E-state index in [9.17, 15) is 29.1 Å². The van der Waals surface area contributed by atoms with Crippen LogP contribution < -0.4 is 32.7 Å². The highest BCUT2D eigenvalue weighted by molar-refractivity contribution is 5.95. The summed E-state index contributed by atoms with van der Waals surface area (Å²) < 4.78 is 18.1. The van der Waals surface area contributed by atoms with Gasteiger partial charge in [0.1, 0.15) is 16.8 Å². The first kappa shape index (κ1) is 55.2. The van der Waals surface area contributed by atoms with E-state index in [-0.39, 0.29) is 43.7 Å². The van der Waals surface area contributed by atoms with E-state index in [1.165, 1.54) is 4.57 Å². The Morgan fingerprint density at radius 1 is 0.731 bits per heavy atom. The van der Waals surface area contributed by atoms with E-state index in [0.29, 0.717) is 87.8 Å². The molecule has 0 aliphatic carbocycles. The lowest BCUT2D eigenvalue weighted by Gasteiger charge is -2.29. The zero-order valence-corrected chi connectivity index (χ0v) is 41.3. The quantitative estimate of drug-likeness (QED) is 0.0395. The molecule has 1 aromatic carbocycles. The van der Waals surface area contributed by atoms with Gasteiger partial charge in [-0.25, -0.2) is 14.4 Å². The summed E-state index contributed by atoms with van der Waals surface area (Å²) in [5, 5.41) is 22.1. The third-order valence-corrected chi connectivity index (χ3v) is 9.61. The van der Waals surface area contributed by atoms with Gasteiger partial charge >= 0.3 is 18.3 Å².